The van der Waals surface area contributed by atoms with E-state index in [2.05, 4.69) is 10.3 Å². The minimum atomic E-state index is -0.532. The van der Waals surface area contributed by atoms with Crippen molar-refractivity contribution in [2.75, 3.05) is 18.1 Å². The number of amides is 3. The molecule has 3 rings (SSSR count). The summed E-state index contributed by atoms with van der Waals surface area (Å²) in [6.45, 7) is 1.23. The van der Waals surface area contributed by atoms with Gasteiger partial charge in [-0.15, -0.1) is 11.8 Å². The predicted molar refractivity (Wildman–Crippen MR) is 102 cm³/mol. The zero-order valence-electron chi connectivity index (χ0n) is 15.0. The quantitative estimate of drug-likeness (QED) is 0.729. The van der Waals surface area contributed by atoms with E-state index < -0.39 is 5.91 Å². The third-order valence-electron chi connectivity index (χ3n) is 4.42. The molecule has 0 saturated carbocycles. The summed E-state index contributed by atoms with van der Waals surface area (Å²) >= 11 is 1.55. The minimum Gasteiger partial charge on any atom is -0.364 e. The standard InChI is InChI=1S/C18H21N5O3S/c1-27-14-5-3-2-4-12(14)21-16(24)6-7-17(25)22-8-9-23-13(18(19)26)10-20-15(23)11-22/h2-5,10H,6-9,11H2,1H3,(H2,19,26)(H,21,24). The van der Waals surface area contributed by atoms with Gasteiger partial charge in [0.2, 0.25) is 11.8 Å². The summed E-state index contributed by atoms with van der Waals surface area (Å²) < 4.78 is 1.73. The molecule has 142 valence electrons. The lowest BCUT2D eigenvalue weighted by molar-refractivity contribution is -0.134. The highest BCUT2D eigenvalue weighted by Crippen LogP contribution is 2.24. The van der Waals surface area contributed by atoms with Crippen molar-refractivity contribution in [3.05, 3.63) is 42.0 Å². The van der Waals surface area contributed by atoms with Gasteiger partial charge in [-0.1, -0.05) is 12.1 Å². The average Bonchev–Trinajstić information content (AvgIpc) is 3.10. The molecule has 0 atom stereocenters. The number of anilines is 1. The van der Waals surface area contributed by atoms with E-state index in [4.69, 9.17) is 5.73 Å². The molecule has 1 aromatic heterocycles. The number of hydrogen-bond acceptors (Lipinski definition) is 5. The number of rotatable bonds is 6. The number of imidazole rings is 1. The van der Waals surface area contributed by atoms with Gasteiger partial charge < -0.3 is 20.5 Å². The summed E-state index contributed by atoms with van der Waals surface area (Å²) in [6, 6.07) is 7.54. The number of nitrogens with two attached hydrogens (primary N) is 1. The molecule has 0 aliphatic carbocycles. The van der Waals surface area contributed by atoms with Gasteiger partial charge in [0.15, 0.2) is 0 Å². The van der Waals surface area contributed by atoms with Crippen LogP contribution >= 0.6 is 11.8 Å². The zero-order chi connectivity index (χ0) is 19.4. The van der Waals surface area contributed by atoms with Crippen LogP contribution in [0, 0.1) is 0 Å². The first kappa shape index (κ1) is 19.0. The van der Waals surface area contributed by atoms with Crippen LogP contribution in [0.1, 0.15) is 29.2 Å². The fourth-order valence-corrected chi connectivity index (χ4v) is 3.56. The summed E-state index contributed by atoms with van der Waals surface area (Å²) in [5, 5.41) is 2.85. The first-order valence-electron chi connectivity index (χ1n) is 8.54. The molecule has 0 radical (unpaired) electrons. The summed E-state index contributed by atoms with van der Waals surface area (Å²) in [7, 11) is 0. The van der Waals surface area contributed by atoms with Crippen LogP contribution in [0.4, 0.5) is 5.69 Å². The normalized spacial score (nSPS) is 13.1. The van der Waals surface area contributed by atoms with Gasteiger partial charge in [-0.2, -0.15) is 0 Å². The van der Waals surface area contributed by atoms with Gasteiger partial charge in [0, 0.05) is 30.8 Å². The van der Waals surface area contributed by atoms with Crippen molar-refractivity contribution in [3.63, 3.8) is 0 Å². The highest BCUT2D eigenvalue weighted by Gasteiger charge is 2.25. The number of nitrogens with one attached hydrogen (secondary N) is 1. The third-order valence-corrected chi connectivity index (χ3v) is 5.21. The summed E-state index contributed by atoms with van der Waals surface area (Å²) in [5.74, 6) is -0.213. The smallest absolute Gasteiger partial charge is 0.266 e. The number of carbonyl (C=O) groups excluding carboxylic acids is 3. The second-order valence-electron chi connectivity index (χ2n) is 6.14. The Morgan fingerprint density at radius 2 is 2.00 bits per heavy atom. The van der Waals surface area contributed by atoms with Crippen LogP contribution in [0.3, 0.4) is 0 Å². The Bertz CT molecular complexity index is 880. The van der Waals surface area contributed by atoms with Crippen LogP contribution in [0.5, 0.6) is 0 Å². The lowest BCUT2D eigenvalue weighted by atomic mass is 10.2. The van der Waals surface area contributed by atoms with E-state index >= 15 is 0 Å². The van der Waals surface area contributed by atoms with Crippen molar-refractivity contribution >= 4 is 35.2 Å². The molecule has 2 aromatic rings. The molecule has 3 N–H and O–H groups in total. The van der Waals surface area contributed by atoms with E-state index in [1.54, 1.807) is 21.2 Å². The molecule has 0 bridgehead atoms. The topological polar surface area (TPSA) is 110 Å². The van der Waals surface area contributed by atoms with Gasteiger partial charge in [-0.25, -0.2) is 4.98 Å². The Kier molecular flexibility index (Phi) is 5.80. The predicted octanol–water partition coefficient (Wildman–Crippen LogP) is 1.46. The van der Waals surface area contributed by atoms with Gasteiger partial charge in [-0.05, 0) is 18.4 Å². The van der Waals surface area contributed by atoms with Crippen molar-refractivity contribution in [2.24, 2.45) is 5.73 Å². The summed E-state index contributed by atoms with van der Waals surface area (Å²) in [4.78, 5) is 42.8. The molecule has 0 spiro atoms. The first-order chi connectivity index (χ1) is 13.0. The van der Waals surface area contributed by atoms with Gasteiger partial charge in [0.25, 0.3) is 5.91 Å². The largest absolute Gasteiger partial charge is 0.364 e. The van der Waals surface area contributed by atoms with Crippen LogP contribution in [0.15, 0.2) is 35.4 Å². The van der Waals surface area contributed by atoms with E-state index in [-0.39, 0.29) is 24.7 Å². The van der Waals surface area contributed by atoms with E-state index in [0.717, 1.165) is 10.6 Å². The Labute approximate surface area is 161 Å². The molecular formula is C18H21N5O3S. The number of aromatic nitrogens is 2. The molecule has 9 heteroatoms. The zero-order valence-corrected chi connectivity index (χ0v) is 15.8. The molecule has 0 saturated heterocycles. The fraction of sp³-hybridized carbons (Fsp3) is 0.333. The number of hydrogen-bond donors (Lipinski definition) is 2. The van der Waals surface area contributed by atoms with Crippen molar-refractivity contribution in [2.45, 2.75) is 30.8 Å². The fourth-order valence-electron chi connectivity index (χ4n) is 3.01. The van der Waals surface area contributed by atoms with E-state index in [9.17, 15) is 14.4 Å². The average molecular weight is 387 g/mol. The number of para-hydroxylation sites is 1. The molecule has 27 heavy (non-hydrogen) atoms. The van der Waals surface area contributed by atoms with Crippen LogP contribution in [0.25, 0.3) is 0 Å². The number of primary amides is 1. The van der Waals surface area contributed by atoms with Crippen LogP contribution < -0.4 is 11.1 Å². The molecule has 1 aliphatic rings. The number of nitrogens with zero attached hydrogens (tertiary/aromatic N) is 3. The Hall–Kier alpha value is -2.81. The maximum absolute atomic E-state index is 12.4. The Balaban J connectivity index is 1.53. The van der Waals surface area contributed by atoms with Crippen molar-refractivity contribution in [3.8, 4) is 0 Å². The van der Waals surface area contributed by atoms with Crippen molar-refractivity contribution in [1.82, 2.24) is 14.5 Å². The summed E-state index contributed by atoms with van der Waals surface area (Å²) in [5.41, 5.74) is 6.42. The highest BCUT2D eigenvalue weighted by molar-refractivity contribution is 7.98. The van der Waals surface area contributed by atoms with Gasteiger partial charge in [0.05, 0.1) is 18.4 Å². The maximum Gasteiger partial charge on any atom is 0.266 e. The van der Waals surface area contributed by atoms with Crippen LogP contribution in [-0.4, -0.2) is 45.0 Å². The number of benzene rings is 1. The van der Waals surface area contributed by atoms with Crippen LogP contribution in [-0.2, 0) is 22.7 Å². The molecule has 1 aliphatic heterocycles. The van der Waals surface area contributed by atoms with Crippen molar-refractivity contribution in [1.29, 1.82) is 0 Å². The maximum atomic E-state index is 12.4. The monoisotopic (exact) mass is 387 g/mol. The minimum absolute atomic E-state index is 0.110. The Morgan fingerprint density at radius 3 is 2.74 bits per heavy atom. The molecule has 8 nitrogen and oxygen atoms in total. The lowest BCUT2D eigenvalue weighted by Crippen LogP contribution is -2.39. The number of fused-ring (bicyclic) bond motifs is 1. The highest BCUT2D eigenvalue weighted by atomic mass is 32.2. The second-order valence-corrected chi connectivity index (χ2v) is 6.99. The lowest BCUT2D eigenvalue weighted by Gasteiger charge is -2.28. The van der Waals surface area contributed by atoms with E-state index in [1.807, 2.05) is 30.5 Å². The van der Waals surface area contributed by atoms with Gasteiger partial charge in [-0.3, -0.25) is 14.4 Å². The van der Waals surface area contributed by atoms with E-state index in [0.29, 0.717) is 31.2 Å². The van der Waals surface area contributed by atoms with Crippen molar-refractivity contribution < 1.29 is 14.4 Å². The molecule has 0 unspecified atom stereocenters. The van der Waals surface area contributed by atoms with Gasteiger partial charge in [0.1, 0.15) is 11.5 Å². The Morgan fingerprint density at radius 1 is 1.22 bits per heavy atom. The second kappa shape index (κ2) is 8.26. The number of thioether (sulfide) groups is 1. The molecule has 1 aromatic carbocycles. The molecular weight excluding hydrogens is 366 g/mol. The SMILES string of the molecule is CSc1ccccc1NC(=O)CCC(=O)N1CCn2c(C(N)=O)cnc2C1. The number of carbonyl (C=O) groups is 3. The van der Waals surface area contributed by atoms with Gasteiger partial charge >= 0.3 is 0 Å². The van der Waals surface area contributed by atoms with E-state index in [1.165, 1.54) is 6.20 Å². The molecule has 0 fully saturated rings. The van der Waals surface area contributed by atoms with Crippen LogP contribution in [0.2, 0.25) is 0 Å². The molecule has 2 heterocycles. The first-order valence-corrected chi connectivity index (χ1v) is 9.77. The molecule has 3 amide bonds. The summed E-state index contributed by atoms with van der Waals surface area (Å²) in [6.07, 6.45) is 3.61. The third kappa shape index (κ3) is 4.30.